The summed E-state index contributed by atoms with van der Waals surface area (Å²) in [6.45, 7) is 6.23. The molecule has 0 spiro atoms. The zero-order valence-corrected chi connectivity index (χ0v) is 11.3. The third-order valence-corrected chi connectivity index (χ3v) is 4.12. The van der Waals surface area contributed by atoms with Crippen LogP contribution in [0.4, 0.5) is 0 Å². The Labute approximate surface area is 109 Å². The van der Waals surface area contributed by atoms with Crippen molar-refractivity contribution in [3.63, 3.8) is 0 Å². The van der Waals surface area contributed by atoms with Gasteiger partial charge in [-0.2, -0.15) is 0 Å². The van der Waals surface area contributed by atoms with E-state index in [1.165, 1.54) is 23.4 Å². The first kappa shape index (κ1) is 11.3. The molecule has 4 nitrogen and oxygen atoms in total. The van der Waals surface area contributed by atoms with Crippen molar-refractivity contribution in [3.8, 4) is 0 Å². The summed E-state index contributed by atoms with van der Waals surface area (Å²) in [6.07, 6.45) is 0. The van der Waals surface area contributed by atoms with Gasteiger partial charge >= 0.3 is 0 Å². The summed E-state index contributed by atoms with van der Waals surface area (Å²) in [5.41, 5.74) is 3.45. The molecular formula is C13H13N3OS. The molecule has 0 unspecified atom stereocenters. The van der Waals surface area contributed by atoms with Crippen LogP contribution in [-0.4, -0.2) is 16.7 Å². The molecule has 0 radical (unpaired) electrons. The topological polar surface area (TPSA) is 54.4 Å². The molecule has 2 aromatic rings. The first-order chi connectivity index (χ1) is 8.56. The summed E-state index contributed by atoms with van der Waals surface area (Å²) in [4.78, 5) is 22.2. The summed E-state index contributed by atoms with van der Waals surface area (Å²) in [5, 5.41) is 3.99. The number of hydrogen-bond donors (Lipinski definition) is 1. The van der Waals surface area contributed by atoms with Crippen LogP contribution in [0.3, 0.4) is 0 Å². The van der Waals surface area contributed by atoms with Crippen LogP contribution in [0.5, 0.6) is 0 Å². The molecular weight excluding hydrogens is 246 g/mol. The predicted molar refractivity (Wildman–Crippen MR) is 73.2 cm³/mol. The number of amides is 1. The lowest BCUT2D eigenvalue weighted by atomic mass is 10.1. The largest absolute Gasteiger partial charge is 0.310 e. The second kappa shape index (κ2) is 3.88. The number of nitrogens with zero attached hydrogens (tertiary/aromatic N) is 2. The van der Waals surface area contributed by atoms with Gasteiger partial charge in [0.2, 0.25) is 5.91 Å². The van der Waals surface area contributed by atoms with Crippen molar-refractivity contribution in [3.05, 3.63) is 27.8 Å². The number of rotatable bonds is 0. The zero-order valence-electron chi connectivity index (χ0n) is 10.5. The Morgan fingerprint density at radius 1 is 1.44 bits per heavy atom. The van der Waals surface area contributed by atoms with Gasteiger partial charge in [-0.05, 0) is 25.5 Å². The van der Waals surface area contributed by atoms with Crippen molar-refractivity contribution in [2.45, 2.75) is 27.3 Å². The molecule has 92 valence electrons. The maximum absolute atomic E-state index is 11.1. The fourth-order valence-electron chi connectivity index (χ4n) is 2.35. The lowest BCUT2D eigenvalue weighted by Crippen LogP contribution is -2.27. The van der Waals surface area contributed by atoms with Crippen LogP contribution < -0.4 is 5.32 Å². The number of aromatic nitrogens is 1. The molecule has 1 amide bonds. The second-order valence-corrected chi connectivity index (χ2v) is 5.52. The van der Waals surface area contributed by atoms with E-state index in [0.717, 1.165) is 15.4 Å². The van der Waals surface area contributed by atoms with E-state index in [4.69, 9.17) is 0 Å². The molecule has 0 aromatic carbocycles. The Kier molecular flexibility index (Phi) is 2.45. The van der Waals surface area contributed by atoms with E-state index in [1.807, 2.05) is 6.92 Å². The Morgan fingerprint density at radius 2 is 2.22 bits per heavy atom. The Balaban J connectivity index is 2.19. The van der Waals surface area contributed by atoms with Crippen molar-refractivity contribution < 1.29 is 4.79 Å². The Morgan fingerprint density at radius 3 is 2.94 bits per heavy atom. The van der Waals surface area contributed by atoms with E-state index in [1.54, 1.807) is 11.3 Å². The molecule has 1 N–H and O–H groups in total. The summed E-state index contributed by atoms with van der Waals surface area (Å²) in [6, 6.07) is 2.09. The van der Waals surface area contributed by atoms with Crippen LogP contribution in [0.15, 0.2) is 11.1 Å². The van der Waals surface area contributed by atoms with Gasteiger partial charge in [0.25, 0.3) is 0 Å². The third kappa shape index (κ3) is 1.62. The van der Waals surface area contributed by atoms with Gasteiger partial charge in [-0.15, -0.1) is 11.3 Å². The van der Waals surface area contributed by atoms with Crippen LogP contribution in [0.25, 0.3) is 10.2 Å². The summed E-state index contributed by atoms with van der Waals surface area (Å²) in [7, 11) is 0. The second-order valence-electron chi connectivity index (χ2n) is 4.52. The van der Waals surface area contributed by atoms with Gasteiger partial charge in [0.1, 0.15) is 10.7 Å². The lowest BCUT2D eigenvalue weighted by molar-refractivity contribution is -0.117. The number of fused-ring (bicyclic) bond motifs is 3. The van der Waals surface area contributed by atoms with Crippen LogP contribution in [0.1, 0.15) is 28.6 Å². The van der Waals surface area contributed by atoms with Crippen molar-refractivity contribution in [1.29, 1.82) is 0 Å². The standard InChI is InChI=1S/C13H13N3OS/c1-6-4-7(2)15-13-10(6)9-5-14-12(11(9)18-13)16-8(3)17/h4H,5H2,1-3H3,(H,14,16,17). The summed E-state index contributed by atoms with van der Waals surface area (Å²) < 4.78 is 0. The molecule has 0 aliphatic carbocycles. The van der Waals surface area contributed by atoms with E-state index >= 15 is 0 Å². The SMILES string of the molecule is CC(=O)NC1=NCc2c1sc1nc(C)cc(C)c21. The van der Waals surface area contributed by atoms with Gasteiger partial charge in [0, 0.05) is 23.6 Å². The first-order valence-corrected chi connectivity index (χ1v) is 6.60. The van der Waals surface area contributed by atoms with E-state index < -0.39 is 0 Å². The fraction of sp³-hybridized carbons (Fsp3) is 0.308. The monoisotopic (exact) mass is 259 g/mol. The molecule has 3 heterocycles. The average Bonchev–Trinajstić information content (AvgIpc) is 2.77. The quantitative estimate of drug-likeness (QED) is 0.789. The van der Waals surface area contributed by atoms with Gasteiger partial charge in [0.15, 0.2) is 0 Å². The highest BCUT2D eigenvalue weighted by molar-refractivity contribution is 7.20. The van der Waals surface area contributed by atoms with E-state index in [9.17, 15) is 4.79 Å². The molecule has 0 saturated heterocycles. The first-order valence-electron chi connectivity index (χ1n) is 5.78. The Bertz CT molecular complexity index is 700. The number of nitrogens with one attached hydrogen (secondary N) is 1. The van der Waals surface area contributed by atoms with Crippen molar-refractivity contribution in [2.24, 2.45) is 4.99 Å². The number of carbonyl (C=O) groups excluding carboxylic acids is 1. The highest BCUT2D eigenvalue weighted by atomic mass is 32.1. The van der Waals surface area contributed by atoms with E-state index in [2.05, 4.69) is 28.3 Å². The average molecular weight is 259 g/mol. The van der Waals surface area contributed by atoms with Gasteiger partial charge in [-0.1, -0.05) is 0 Å². The van der Waals surface area contributed by atoms with Crippen molar-refractivity contribution >= 4 is 33.3 Å². The molecule has 0 saturated carbocycles. The predicted octanol–water partition coefficient (Wildman–Crippen LogP) is 2.31. The number of hydrogen-bond acceptors (Lipinski definition) is 4. The number of pyridine rings is 1. The summed E-state index contributed by atoms with van der Waals surface area (Å²) >= 11 is 1.61. The molecule has 0 fully saturated rings. The van der Waals surface area contributed by atoms with Crippen molar-refractivity contribution in [1.82, 2.24) is 10.3 Å². The minimum Gasteiger partial charge on any atom is -0.310 e. The maximum atomic E-state index is 11.1. The lowest BCUT2D eigenvalue weighted by Gasteiger charge is -1.99. The van der Waals surface area contributed by atoms with Gasteiger partial charge in [-0.25, -0.2) is 4.98 Å². The van der Waals surface area contributed by atoms with E-state index in [0.29, 0.717) is 12.4 Å². The third-order valence-electron chi connectivity index (χ3n) is 2.99. The molecule has 3 rings (SSSR count). The van der Waals surface area contributed by atoms with Crippen LogP contribution in [0.2, 0.25) is 0 Å². The molecule has 1 aliphatic heterocycles. The summed E-state index contributed by atoms with van der Waals surface area (Å²) in [5.74, 6) is 0.609. The highest BCUT2D eigenvalue weighted by Gasteiger charge is 2.24. The number of aliphatic imine (C=N–C) groups is 1. The molecule has 0 bridgehead atoms. The van der Waals surface area contributed by atoms with Crippen molar-refractivity contribution in [2.75, 3.05) is 0 Å². The smallest absolute Gasteiger partial charge is 0.222 e. The Hall–Kier alpha value is -1.75. The number of thiophene rings is 1. The number of amidine groups is 1. The van der Waals surface area contributed by atoms with Gasteiger partial charge in [0.05, 0.1) is 11.4 Å². The molecule has 2 aromatic heterocycles. The van der Waals surface area contributed by atoms with Crippen LogP contribution in [-0.2, 0) is 11.3 Å². The van der Waals surface area contributed by atoms with Gasteiger partial charge in [-0.3, -0.25) is 9.79 Å². The maximum Gasteiger partial charge on any atom is 0.222 e. The van der Waals surface area contributed by atoms with Crippen LogP contribution in [0, 0.1) is 13.8 Å². The molecule has 0 atom stereocenters. The van der Waals surface area contributed by atoms with E-state index in [-0.39, 0.29) is 5.91 Å². The fourth-order valence-corrected chi connectivity index (χ4v) is 3.62. The minimum absolute atomic E-state index is 0.0834. The number of carbonyl (C=O) groups is 1. The number of aryl methyl sites for hydroxylation is 2. The molecule has 18 heavy (non-hydrogen) atoms. The highest BCUT2D eigenvalue weighted by Crippen LogP contribution is 2.36. The van der Waals surface area contributed by atoms with Gasteiger partial charge < -0.3 is 5.32 Å². The zero-order chi connectivity index (χ0) is 12.9. The van der Waals surface area contributed by atoms with Crippen LogP contribution >= 0.6 is 11.3 Å². The normalized spacial score (nSPS) is 13.6. The molecule has 5 heteroatoms. The minimum atomic E-state index is -0.0834. The molecule has 1 aliphatic rings.